The zero-order valence-electron chi connectivity index (χ0n) is 14.1. The molecule has 0 heterocycles. The molecule has 2 aromatic rings. The predicted molar refractivity (Wildman–Crippen MR) is 97.7 cm³/mol. The number of hydrogen-bond donors (Lipinski definition) is 0. The summed E-state index contributed by atoms with van der Waals surface area (Å²) in [6.07, 6.45) is 4.05. The molecule has 0 amide bonds. The first-order chi connectivity index (χ1) is 11.1. The highest BCUT2D eigenvalue weighted by Crippen LogP contribution is 2.08. The topological polar surface area (TPSA) is 24.8 Å². The Morgan fingerprint density at radius 1 is 1.04 bits per heavy atom. The smallest absolute Gasteiger partial charge is 0.129 e. The van der Waals surface area contributed by atoms with E-state index in [4.69, 9.17) is 4.84 Å². The van der Waals surface area contributed by atoms with E-state index in [-0.39, 0.29) is 0 Å². The van der Waals surface area contributed by atoms with Crippen molar-refractivity contribution in [3.8, 4) is 0 Å². The molecule has 0 aliphatic rings. The maximum atomic E-state index is 5.46. The first-order valence-electron chi connectivity index (χ1n) is 7.80. The van der Waals surface area contributed by atoms with Gasteiger partial charge in [0, 0.05) is 12.1 Å². The Kier molecular flexibility index (Phi) is 6.57. The second kappa shape index (κ2) is 8.91. The zero-order chi connectivity index (χ0) is 16.5. The molecule has 3 nitrogen and oxygen atoms in total. The van der Waals surface area contributed by atoms with E-state index in [2.05, 4.69) is 47.3 Å². The van der Waals surface area contributed by atoms with Crippen LogP contribution in [0.25, 0.3) is 6.08 Å². The molecule has 0 saturated carbocycles. The van der Waals surface area contributed by atoms with Gasteiger partial charge in [-0.3, -0.25) is 0 Å². The highest BCUT2D eigenvalue weighted by Gasteiger charge is 2.00. The van der Waals surface area contributed by atoms with Gasteiger partial charge in [-0.05, 0) is 32.7 Å². The molecular weight excluding hydrogens is 284 g/mol. The number of benzene rings is 2. The first kappa shape index (κ1) is 17.0. The minimum Gasteiger partial charge on any atom is -0.394 e. The van der Waals surface area contributed by atoms with E-state index in [1.54, 1.807) is 0 Å². The van der Waals surface area contributed by atoms with E-state index in [0.717, 1.165) is 23.4 Å². The second-order valence-electron chi connectivity index (χ2n) is 5.72. The fourth-order valence-corrected chi connectivity index (χ4v) is 1.98. The standard InChI is InChI=1S/C20H24N2O/c1-17-9-11-18(12-10-17)13-14-20(19-7-5-4-6-8-19)21-23-16-15-22(2)3/h4-14H,15-16H2,1-3H3/b14-13+,21-20?. The summed E-state index contributed by atoms with van der Waals surface area (Å²) in [5, 5.41) is 4.30. The van der Waals surface area contributed by atoms with Crippen LogP contribution in [0.4, 0.5) is 0 Å². The van der Waals surface area contributed by atoms with E-state index in [0.29, 0.717) is 6.61 Å². The third-order valence-corrected chi connectivity index (χ3v) is 3.37. The number of aryl methyl sites for hydroxylation is 1. The molecule has 2 rings (SSSR count). The van der Waals surface area contributed by atoms with Crippen LogP contribution in [-0.4, -0.2) is 37.9 Å². The molecule has 23 heavy (non-hydrogen) atoms. The third-order valence-electron chi connectivity index (χ3n) is 3.37. The summed E-state index contributed by atoms with van der Waals surface area (Å²) in [6, 6.07) is 18.5. The molecule has 120 valence electrons. The van der Waals surface area contributed by atoms with Crippen molar-refractivity contribution >= 4 is 11.8 Å². The summed E-state index contributed by atoms with van der Waals surface area (Å²) in [7, 11) is 4.03. The number of hydrogen-bond acceptors (Lipinski definition) is 3. The van der Waals surface area contributed by atoms with Crippen LogP contribution in [0.5, 0.6) is 0 Å². The summed E-state index contributed by atoms with van der Waals surface area (Å²) in [5.41, 5.74) is 4.27. The van der Waals surface area contributed by atoms with Gasteiger partial charge in [-0.25, -0.2) is 0 Å². The molecule has 0 radical (unpaired) electrons. The van der Waals surface area contributed by atoms with Gasteiger partial charge in [-0.2, -0.15) is 0 Å². The van der Waals surface area contributed by atoms with Crippen LogP contribution < -0.4 is 0 Å². The summed E-state index contributed by atoms with van der Waals surface area (Å²) >= 11 is 0. The number of oxime groups is 1. The summed E-state index contributed by atoms with van der Waals surface area (Å²) in [5.74, 6) is 0. The van der Waals surface area contributed by atoms with Crippen molar-refractivity contribution in [3.05, 3.63) is 77.4 Å². The van der Waals surface area contributed by atoms with Gasteiger partial charge in [0.2, 0.25) is 0 Å². The molecule has 0 aliphatic heterocycles. The lowest BCUT2D eigenvalue weighted by molar-refractivity contribution is 0.126. The molecule has 3 heteroatoms. The Morgan fingerprint density at radius 2 is 1.74 bits per heavy atom. The van der Waals surface area contributed by atoms with Gasteiger partial charge >= 0.3 is 0 Å². The van der Waals surface area contributed by atoms with Crippen LogP contribution in [0.2, 0.25) is 0 Å². The molecule has 0 atom stereocenters. The van der Waals surface area contributed by atoms with Crippen molar-refractivity contribution < 1.29 is 4.84 Å². The second-order valence-corrected chi connectivity index (χ2v) is 5.72. The SMILES string of the molecule is Cc1ccc(/C=C/C(=NOCCN(C)C)c2ccccc2)cc1. The van der Waals surface area contributed by atoms with Gasteiger partial charge < -0.3 is 9.74 Å². The summed E-state index contributed by atoms with van der Waals surface area (Å²) in [6.45, 7) is 3.50. The number of likely N-dealkylation sites (N-methyl/N-ethyl adjacent to an activating group) is 1. The van der Waals surface area contributed by atoms with E-state index in [1.165, 1.54) is 5.56 Å². The maximum Gasteiger partial charge on any atom is 0.129 e. The Hall–Kier alpha value is -2.39. The minimum absolute atomic E-state index is 0.571. The monoisotopic (exact) mass is 308 g/mol. The highest BCUT2D eigenvalue weighted by molar-refractivity contribution is 6.10. The summed E-state index contributed by atoms with van der Waals surface area (Å²) in [4.78, 5) is 7.53. The van der Waals surface area contributed by atoms with Gasteiger partial charge in [0.15, 0.2) is 0 Å². The minimum atomic E-state index is 0.571. The Balaban J connectivity index is 2.13. The number of rotatable bonds is 7. The van der Waals surface area contributed by atoms with Crippen LogP contribution in [0.1, 0.15) is 16.7 Å². The lowest BCUT2D eigenvalue weighted by Crippen LogP contribution is -2.17. The van der Waals surface area contributed by atoms with Crippen molar-refractivity contribution in [2.45, 2.75) is 6.92 Å². The van der Waals surface area contributed by atoms with Crippen LogP contribution >= 0.6 is 0 Å². The van der Waals surface area contributed by atoms with E-state index in [1.807, 2.05) is 50.5 Å². The molecular formula is C20H24N2O. The molecule has 0 aromatic heterocycles. The van der Waals surface area contributed by atoms with Crippen molar-refractivity contribution in [1.82, 2.24) is 4.90 Å². The van der Waals surface area contributed by atoms with Gasteiger partial charge in [-0.1, -0.05) is 71.4 Å². The average Bonchev–Trinajstić information content (AvgIpc) is 2.56. The Morgan fingerprint density at radius 3 is 2.39 bits per heavy atom. The maximum absolute atomic E-state index is 5.46. The number of nitrogens with zero attached hydrogens (tertiary/aromatic N) is 2. The molecule has 0 saturated heterocycles. The molecule has 0 spiro atoms. The lowest BCUT2D eigenvalue weighted by atomic mass is 10.1. The van der Waals surface area contributed by atoms with Crippen molar-refractivity contribution in [1.29, 1.82) is 0 Å². The Bertz CT molecular complexity index is 643. The largest absolute Gasteiger partial charge is 0.394 e. The van der Waals surface area contributed by atoms with Crippen molar-refractivity contribution in [2.75, 3.05) is 27.2 Å². The predicted octanol–water partition coefficient (Wildman–Crippen LogP) is 3.99. The van der Waals surface area contributed by atoms with Gasteiger partial charge in [0.1, 0.15) is 12.3 Å². The molecule has 0 fully saturated rings. The summed E-state index contributed by atoms with van der Waals surface area (Å²) < 4.78 is 0. The number of allylic oxidation sites excluding steroid dienone is 1. The lowest BCUT2D eigenvalue weighted by Gasteiger charge is -2.08. The molecule has 0 bridgehead atoms. The fourth-order valence-electron chi connectivity index (χ4n) is 1.98. The van der Waals surface area contributed by atoms with E-state index < -0.39 is 0 Å². The van der Waals surface area contributed by atoms with Crippen LogP contribution in [0, 0.1) is 6.92 Å². The first-order valence-corrected chi connectivity index (χ1v) is 7.80. The average molecular weight is 308 g/mol. The van der Waals surface area contributed by atoms with Gasteiger partial charge in [0.05, 0.1) is 0 Å². The Labute approximate surface area is 138 Å². The molecule has 0 N–H and O–H groups in total. The van der Waals surface area contributed by atoms with Crippen molar-refractivity contribution in [2.24, 2.45) is 5.16 Å². The normalized spacial score (nSPS) is 12.1. The zero-order valence-corrected chi connectivity index (χ0v) is 14.1. The van der Waals surface area contributed by atoms with E-state index in [9.17, 15) is 0 Å². The molecule has 0 unspecified atom stereocenters. The van der Waals surface area contributed by atoms with Gasteiger partial charge in [-0.15, -0.1) is 0 Å². The molecule has 0 aliphatic carbocycles. The van der Waals surface area contributed by atoms with Crippen LogP contribution in [0.3, 0.4) is 0 Å². The third kappa shape index (κ3) is 6.09. The van der Waals surface area contributed by atoms with E-state index >= 15 is 0 Å². The van der Waals surface area contributed by atoms with Crippen LogP contribution in [0.15, 0.2) is 65.8 Å². The fraction of sp³-hybridized carbons (Fsp3) is 0.250. The quantitative estimate of drug-likeness (QED) is 0.439. The molecule has 2 aromatic carbocycles. The highest BCUT2D eigenvalue weighted by atomic mass is 16.6. The van der Waals surface area contributed by atoms with Crippen LogP contribution in [-0.2, 0) is 4.84 Å². The van der Waals surface area contributed by atoms with Gasteiger partial charge in [0.25, 0.3) is 0 Å². The van der Waals surface area contributed by atoms with Crippen molar-refractivity contribution in [3.63, 3.8) is 0 Å².